The molecule has 0 amide bonds. The second kappa shape index (κ2) is 8.47. The van der Waals surface area contributed by atoms with Gasteiger partial charge in [-0.05, 0) is 43.5 Å². The molecule has 0 bridgehead atoms. The Hall–Kier alpha value is -2.37. The van der Waals surface area contributed by atoms with Crippen LogP contribution in [0.5, 0.6) is 11.5 Å². The minimum Gasteiger partial charge on any atom is -0.493 e. The maximum Gasteiger partial charge on any atom is 0.306 e. The third-order valence-corrected chi connectivity index (χ3v) is 3.93. The largest absolute Gasteiger partial charge is 0.493 e. The van der Waals surface area contributed by atoms with Crippen LogP contribution in [0.1, 0.15) is 37.8 Å². The van der Waals surface area contributed by atoms with Crippen LogP contribution < -0.4 is 9.47 Å². The van der Waals surface area contributed by atoms with Crippen LogP contribution in [0.25, 0.3) is 6.08 Å². The van der Waals surface area contributed by atoms with E-state index < -0.39 is 17.7 Å². The van der Waals surface area contributed by atoms with Gasteiger partial charge in [-0.25, -0.2) is 4.39 Å². The molecule has 0 saturated heterocycles. The zero-order valence-corrected chi connectivity index (χ0v) is 14.6. The number of carbonyl (C=O) groups excluding carboxylic acids is 1. The van der Waals surface area contributed by atoms with Crippen LogP contribution in [0.4, 0.5) is 4.39 Å². The molecule has 1 unspecified atom stereocenters. The number of allylic oxidation sites excluding steroid dienone is 1. The Kier molecular flexibility index (Phi) is 6.95. The molecule has 0 aliphatic carbocycles. The molecule has 1 rings (SSSR count). The van der Waals surface area contributed by atoms with Crippen LogP contribution in [0.3, 0.4) is 0 Å². The molecule has 0 heterocycles. The lowest BCUT2D eigenvalue weighted by molar-refractivity contribution is -0.143. The number of aliphatic carboxylic acids is 1. The highest BCUT2D eigenvalue weighted by Gasteiger charge is 2.21. The Morgan fingerprint density at radius 2 is 1.96 bits per heavy atom. The first-order chi connectivity index (χ1) is 11.3. The molecular formula is C18H23FO5. The Bertz CT molecular complexity index is 664. The summed E-state index contributed by atoms with van der Waals surface area (Å²) in [4.78, 5) is 23.3. The van der Waals surface area contributed by atoms with Gasteiger partial charge in [0, 0.05) is 12.0 Å². The monoisotopic (exact) mass is 338 g/mol. The van der Waals surface area contributed by atoms with Crippen molar-refractivity contribution < 1.29 is 28.6 Å². The Morgan fingerprint density at radius 1 is 1.33 bits per heavy atom. The number of halogens is 1. The summed E-state index contributed by atoms with van der Waals surface area (Å²) in [7, 11) is 2.75. The zero-order chi connectivity index (χ0) is 18.4. The van der Waals surface area contributed by atoms with Crippen molar-refractivity contribution in [2.45, 2.75) is 33.6 Å². The van der Waals surface area contributed by atoms with E-state index in [1.165, 1.54) is 20.3 Å². The van der Waals surface area contributed by atoms with Crippen molar-refractivity contribution in [3.63, 3.8) is 0 Å². The molecule has 5 nitrogen and oxygen atoms in total. The first-order valence-electron chi connectivity index (χ1n) is 7.62. The van der Waals surface area contributed by atoms with Crippen molar-refractivity contribution >= 4 is 17.8 Å². The van der Waals surface area contributed by atoms with Crippen LogP contribution in [-0.2, 0) is 9.59 Å². The van der Waals surface area contributed by atoms with E-state index in [-0.39, 0.29) is 29.3 Å². The molecule has 0 aliphatic heterocycles. The zero-order valence-electron chi connectivity index (χ0n) is 14.6. The molecule has 0 fully saturated rings. The maximum absolute atomic E-state index is 14.6. The average molecular weight is 338 g/mol. The molecule has 1 aromatic rings. The number of hydrogen-bond donors (Lipinski definition) is 1. The topological polar surface area (TPSA) is 72.8 Å². The highest BCUT2D eigenvalue weighted by molar-refractivity contribution is 6.00. The van der Waals surface area contributed by atoms with Gasteiger partial charge in [0.05, 0.1) is 20.1 Å². The van der Waals surface area contributed by atoms with Crippen LogP contribution >= 0.6 is 0 Å². The fourth-order valence-electron chi connectivity index (χ4n) is 2.35. The lowest BCUT2D eigenvalue weighted by atomic mass is 9.95. The number of Topliss-reactive ketones (excluding diaryl/α,β-unsaturated/α-hetero) is 1. The number of carboxylic acid groups (broad SMARTS) is 1. The summed E-state index contributed by atoms with van der Waals surface area (Å²) in [5.41, 5.74) is 1.10. The van der Waals surface area contributed by atoms with Crippen molar-refractivity contribution in [3.8, 4) is 11.5 Å². The molecule has 0 aromatic heterocycles. The van der Waals surface area contributed by atoms with Crippen LogP contribution in [-0.4, -0.2) is 31.1 Å². The second-order valence-electron chi connectivity index (χ2n) is 5.55. The number of ketones is 1. The van der Waals surface area contributed by atoms with Gasteiger partial charge in [-0.15, -0.1) is 0 Å². The Morgan fingerprint density at radius 3 is 2.42 bits per heavy atom. The molecule has 6 heteroatoms. The third-order valence-electron chi connectivity index (χ3n) is 3.93. The minimum absolute atomic E-state index is 0.0356. The standard InChI is InChI=1S/C18H23FO5/c1-6-12(18(21)22)9-14(20)11(3)7-13-10(2)8-15(23-4)17(24-5)16(13)19/h7-8,12H,6,9H2,1-5H3,(H,21,22)/b11-7+. The van der Waals surface area contributed by atoms with Gasteiger partial charge in [-0.2, -0.15) is 0 Å². The number of rotatable bonds is 8. The number of carbonyl (C=O) groups is 2. The lowest BCUT2D eigenvalue weighted by Crippen LogP contribution is -2.17. The van der Waals surface area contributed by atoms with Gasteiger partial charge in [0.2, 0.25) is 0 Å². The van der Waals surface area contributed by atoms with Gasteiger partial charge in [-0.3, -0.25) is 9.59 Å². The van der Waals surface area contributed by atoms with E-state index in [9.17, 15) is 14.0 Å². The van der Waals surface area contributed by atoms with E-state index in [1.54, 1.807) is 26.8 Å². The number of aryl methyl sites for hydroxylation is 1. The molecule has 1 N–H and O–H groups in total. The van der Waals surface area contributed by atoms with Crippen LogP contribution in [0.15, 0.2) is 11.6 Å². The number of ether oxygens (including phenoxy) is 2. The minimum atomic E-state index is -1.01. The highest BCUT2D eigenvalue weighted by Crippen LogP contribution is 2.35. The van der Waals surface area contributed by atoms with Gasteiger partial charge in [0.25, 0.3) is 0 Å². The van der Waals surface area contributed by atoms with Gasteiger partial charge >= 0.3 is 5.97 Å². The smallest absolute Gasteiger partial charge is 0.306 e. The summed E-state index contributed by atoms with van der Waals surface area (Å²) in [5.74, 6) is -2.45. The van der Waals surface area contributed by atoms with Crippen molar-refractivity contribution in [1.29, 1.82) is 0 Å². The summed E-state index contributed by atoms with van der Waals surface area (Å²) in [6.07, 6.45) is 1.67. The van der Waals surface area contributed by atoms with Crippen LogP contribution in [0, 0.1) is 18.7 Å². The fraction of sp³-hybridized carbons (Fsp3) is 0.444. The van der Waals surface area contributed by atoms with Gasteiger partial charge in [0.15, 0.2) is 23.1 Å². The molecule has 132 valence electrons. The molecular weight excluding hydrogens is 315 g/mol. The normalized spacial score (nSPS) is 12.7. The Labute approximate surface area is 141 Å². The average Bonchev–Trinajstić information content (AvgIpc) is 2.54. The number of hydrogen-bond acceptors (Lipinski definition) is 4. The number of benzene rings is 1. The number of methoxy groups -OCH3 is 2. The fourth-order valence-corrected chi connectivity index (χ4v) is 2.35. The maximum atomic E-state index is 14.6. The van der Waals surface area contributed by atoms with Gasteiger partial charge in [0.1, 0.15) is 0 Å². The van der Waals surface area contributed by atoms with Crippen molar-refractivity contribution in [2.24, 2.45) is 5.92 Å². The molecule has 0 radical (unpaired) electrons. The molecule has 24 heavy (non-hydrogen) atoms. The van der Waals surface area contributed by atoms with E-state index in [4.69, 9.17) is 14.6 Å². The molecule has 1 aromatic carbocycles. The third kappa shape index (κ3) is 4.34. The van der Waals surface area contributed by atoms with E-state index in [1.807, 2.05) is 0 Å². The molecule has 0 saturated carbocycles. The molecule has 0 aliphatic rings. The molecule has 0 spiro atoms. The van der Waals surface area contributed by atoms with E-state index in [2.05, 4.69) is 0 Å². The van der Waals surface area contributed by atoms with E-state index in [0.29, 0.717) is 17.6 Å². The van der Waals surface area contributed by atoms with Gasteiger partial charge in [-0.1, -0.05) is 6.92 Å². The summed E-state index contributed by atoms with van der Waals surface area (Å²) in [6, 6.07) is 1.62. The second-order valence-corrected chi connectivity index (χ2v) is 5.55. The first kappa shape index (κ1) is 19.7. The van der Waals surface area contributed by atoms with E-state index in [0.717, 1.165) is 0 Å². The Balaban J connectivity index is 3.20. The predicted octanol–water partition coefficient (Wildman–Crippen LogP) is 3.62. The van der Waals surface area contributed by atoms with E-state index >= 15 is 0 Å². The summed E-state index contributed by atoms with van der Waals surface area (Å²) in [6.45, 7) is 4.95. The van der Waals surface area contributed by atoms with Gasteiger partial charge < -0.3 is 14.6 Å². The predicted molar refractivity (Wildman–Crippen MR) is 88.9 cm³/mol. The summed E-state index contributed by atoms with van der Waals surface area (Å²) < 4.78 is 24.7. The van der Waals surface area contributed by atoms with Crippen molar-refractivity contribution in [1.82, 2.24) is 0 Å². The first-order valence-corrected chi connectivity index (χ1v) is 7.62. The highest BCUT2D eigenvalue weighted by atomic mass is 19.1. The number of carboxylic acids is 1. The molecule has 1 atom stereocenters. The summed E-state index contributed by atoms with van der Waals surface area (Å²) >= 11 is 0. The van der Waals surface area contributed by atoms with Crippen LogP contribution in [0.2, 0.25) is 0 Å². The quantitative estimate of drug-likeness (QED) is 0.733. The SMILES string of the molecule is CCC(CC(=O)/C(C)=C/c1c(C)cc(OC)c(OC)c1F)C(=O)O. The van der Waals surface area contributed by atoms with Crippen molar-refractivity contribution in [3.05, 3.63) is 28.6 Å². The lowest BCUT2D eigenvalue weighted by Gasteiger charge is -2.14. The summed E-state index contributed by atoms with van der Waals surface area (Å²) in [5, 5.41) is 9.05. The van der Waals surface area contributed by atoms with Crippen molar-refractivity contribution in [2.75, 3.05) is 14.2 Å².